The lowest BCUT2D eigenvalue weighted by Gasteiger charge is -2.33. The summed E-state index contributed by atoms with van der Waals surface area (Å²) in [5, 5.41) is 2.52. The van der Waals surface area contributed by atoms with Crippen molar-refractivity contribution < 1.29 is 17.6 Å². The van der Waals surface area contributed by atoms with Gasteiger partial charge in [-0.1, -0.05) is 44.6 Å². The van der Waals surface area contributed by atoms with Gasteiger partial charge in [0, 0.05) is 37.6 Å². The van der Waals surface area contributed by atoms with Crippen LogP contribution in [0.2, 0.25) is 0 Å². The highest BCUT2D eigenvalue weighted by molar-refractivity contribution is 7.89. The van der Waals surface area contributed by atoms with E-state index in [2.05, 4.69) is 10.3 Å². The molecule has 32 heavy (non-hydrogen) atoms. The Morgan fingerprint density at radius 2 is 2.00 bits per heavy atom. The zero-order valence-electron chi connectivity index (χ0n) is 19.2. The molecule has 0 aromatic carbocycles. The molecule has 6 nitrogen and oxygen atoms in total. The molecule has 1 aliphatic carbocycles. The maximum atomic E-state index is 13.1. The molecule has 1 atom stereocenters. The van der Waals surface area contributed by atoms with E-state index in [1.165, 1.54) is 10.4 Å². The van der Waals surface area contributed by atoms with E-state index in [-0.39, 0.29) is 23.7 Å². The molecule has 1 aliphatic rings. The topological polar surface area (TPSA) is 79.4 Å². The molecule has 1 aromatic rings. The first-order valence-electron chi connectivity index (χ1n) is 11.9. The maximum absolute atomic E-state index is 13.1. The number of hydrogen-bond acceptors (Lipinski definition) is 4. The highest BCUT2D eigenvalue weighted by Gasteiger charge is 2.35. The molecule has 1 fully saturated rings. The van der Waals surface area contributed by atoms with E-state index in [9.17, 15) is 17.6 Å². The van der Waals surface area contributed by atoms with Crippen LogP contribution < -0.4 is 5.32 Å². The third-order valence-electron chi connectivity index (χ3n) is 6.06. The van der Waals surface area contributed by atoms with Gasteiger partial charge in [0.05, 0.1) is 5.25 Å². The van der Waals surface area contributed by atoms with Gasteiger partial charge in [-0.2, -0.15) is 4.31 Å². The van der Waals surface area contributed by atoms with Crippen LogP contribution in [0.25, 0.3) is 6.08 Å². The number of hydrogen-bond donors (Lipinski definition) is 1. The summed E-state index contributed by atoms with van der Waals surface area (Å²) in [6, 6.07) is 3.52. The fourth-order valence-electron chi connectivity index (χ4n) is 4.22. The largest absolute Gasteiger partial charge is 0.353 e. The quantitative estimate of drug-likeness (QED) is 0.323. The molecule has 180 valence electrons. The van der Waals surface area contributed by atoms with Crippen LogP contribution in [0.4, 0.5) is 4.39 Å². The molecule has 0 aliphatic heterocycles. The van der Waals surface area contributed by atoms with Crippen molar-refractivity contribution in [1.82, 2.24) is 14.6 Å². The summed E-state index contributed by atoms with van der Waals surface area (Å²) in [5.41, 5.74) is 0.879. The monoisotopic (exact) mass is 467 g/mol. The van der Waals surface area contributed by atoms with E-state index >= 15 is 0 Å². The van der Waals surface area contributed by atoms with Gasteiger partial charge in [0.2, 0.25) is 15.9 Å². The SMILES string of the molecule is CC(CCCCCCNC(=O)C=Cc1cccnc1)N(CCF)S(=O)(=O)C1CCCCC1. The molecule has 1 amide bonds. The Kier molecular flexibility index (Phi) is 11.9. The first-order valence-corrected chi connectivity index (χ1v) is 13.4. The molecule has 0 spiro atoms. The Balaban J connectivity index is 1.64. The van der Waals surface area contributed by atoms with Crippen LogP contribution in [0.1, 0.15) is 76.7 Å². The second kappa shape index (κ2) is 14.4. The van der Waals surface area contributed by atoms with E-state index in [1.54, 1.807) is 18.5 Å². The van der Waals surface area contributed by atoms with Gasteiger partial charge in [-0.05, 0) is 50.3 Å². The Hall–Kier alpha value is -1.80. The van der Waals surface area contributed by atoms with Crippen LogP contribution in [0.3, 0.4) is 0 Å². The third-order valence-corrected chi connectivity index (χ3v) is 8.57. The summed E-state index contributed by atoms with van der Waals surface area (Å²) in [4.78, 5) is 15.8. The van der Waals surface area contributed by atoms with Gasteiger partial charge in [-0.15, -0.1) is 0 Å². The Bertz CT molecular complexity index is 796. The molecule has 0 radical (unpaired) electrons. The van der Waals surface area contributed by atoms with Crippen molar-refractivity contribution in [3.63, 3.8) is 0 Å². The normalized spacial score (nSPS) is 16.5. The predicted molar refractivity (Wildman–Crippen MR) is 127 cm³/mol. The van der Waals surface area contributed by atoms with Crippen LogP contribution in [-0.2, 0) is 14.8 Å². The van der Waals surface area contributed by atoms with E-state index in [1.807, 2.05) is 19.1 Å². The maximum Gasteiger partial charge on any atom is 0.243 e. The van der Waals surface area contributed by atoms with Gasteiger partial charge in [-0.3, -0.25) is 9.78 Å². The molecule has 1 N–H and O–H groups in total. The van der Waals surface area contributed by atoms with Crippen molar-refractivity contribution in [2.45, 2.75) is 82.4 Å². The Morgan fingerprint density at radius 1 is 1.25 bits per heavy atom. The van der Waals surface area contributed by atoms with E-state index < -0.39 is 16.7 Å². The van der Waals surface area contributed by atoms with Crippen molar-refractivity contribution in [1.29, 1.82) is 0 Å². The minimum absolute atomic E-state index is 0.0431. The van der Waals surface area contributed by atoms with Crippen molar-refractivity contribution in [2.75, 3.05) is 19.8 Å². The zero-order chi connectivity index (χ0) is 23.2. The number of halogens is 1. The van der Waals surface area contributed by atoms with E-state index in [4.69, 9.17) is 0 Å². The van der Waals surface area contributed by atoms with Gasteiger partial charge < -0.3 is 5.32 Å². The third kappa shape index (κ3) is 8.98. The molecule has 1 saturated carbocycles. The fourth-order valence-corrected chi connectivity index (χ4v) is 6.46. The van der Waals surface area contributed by atoms with Crippen LogP contribution in [0, 0.1) is 0 Å². The zero-order valence-corrected chi connectivity index (χ0v) is 20.0. The average molecular weight is 468 g/mol. The number of nitrogens with zero attached hydrogens (tertiary/aromatic N) is 2. The Morgan fingerprint density at radius 3 is 2.69 bits per heavy atom. The molecule has 1 aromatic heterocycles. The molecule has 0 bridgehead atoms. The van der Waals surface area contributed by atoms with Crippen molar-refractivity contribution in [3.05, 3.63) is 36.2 Å². The number of alkyl halides is 1. The first-order chi connectivity index (χ1) is 15.4. The number of carbonyl (C=O) groups excluding carboxylic acids is 1. The average Bonchev–Trinajstić information content (AvgIpc) is 2.81. The summed E-state index contributed by atoms with van der Waals surface area (Å²) < 4.78 is 40.5. The van der Waals surface area contributed by atoms with Gasteiger partial charge in [0.1, 0.15) is 6.67 Å². The number of pyridine rings is 1. The van der Waals surface area contributed by atoms with Gasteiger partial charge >= 0.3 is 0 Å². The highest BCUT2D eigenvalue weighted by Crippen LogP contribution is 2.28. The van der Waals surface area contributed by atoms with Gasteiger partial charge in [0.15, 0.2) is 0 Å². The Labute approximate surface area is 192 Å². The van der Waals surface area contributed by atoms with E-state index in [0.29, 0.717) is 19.4 Å². The van der Waals surface area contributed by atoms with Crippen molar-refractivity contribution >= 4 is 22.0 Å². The smallest absolute Gasteiger partial charge is 0.243 e. The predicted octanol–water partition coefficient (Wildman–Crippen LogP) is 4.48. The van der Waals surface area contributed by atoms with Crippen LogP contribution in [0.15, 0.2) is 30.6 Å². The minimum atomic E-state index is -3.44. The summed E-state index contributed by atoms with van der Waals surface area (Å²) in [6.45, 7) is 1.81. The van der Waals surface area contributed by atoms with Gasteiger partial charge in [0.25, 0.3) is 0 Å². The second-order valence-electron chi connectivity index (χ2n) is 8.57. The van der Waals surface area contributed by atoms with Crippen molar-refractivity contribution in [2.24, 2.45) is 0 Å². The molecule has 8 heteroatoms. The van der Waals surface area contributed by atoms with Crippen LogP contribution >= 0.6 is 0 Å². The summed E-state index contributed by atoms with van der Waals surface area (Å²) >= 11 is 0. The standard InChI is InChI=1S/C24H38FN3O3S/c1-21(28(19-16-25)32(30,31)23-12-6-4-7-13-23)10-5-2-3-8-18-27-24(29)15-14-22-11-9-17-26-20-22/h9,11,14-15,17,20-21,23H,2-8,10,12-13,16,18-19H2,1H3,(H,27,29). The fraction of sp³-hybridized carbons (Fsp3) is 0.667. The number of rotatable bonds is 14. The summed E-state index contributed by atoms with van der Waals surface area (Å²) in [5.74, 6) is -0.128. The van der Waals surface area contributed by atoms with Crippen LogP contribution in [0.5, 0.6) is 0 Å². The lowest BCUT2D eigenvalue weighted by Crippen LogP contribution is -2.45. The van der Waals surface area contributed by atoms with Crippen LogP contribution in [-0.4, -0.2) is 54.7 Å². The molecule has 1 heterocycles. The molecule has 1 unspecified atom stereocenters. The highest BCUT2D eigenvalue weighted by atomic mass is 32.2. The minimum Gasteiger partial charge on any atom is -0.353 e. The number of unbranched alkanes of at least 4 members (excludes halogenated alkanes) is 3. The van der Waals surface area contributed by atoms with Gasteiger partial charge in [-0.25, -0.2) is 12.8 Å². The lowest BCUT2D eigenvalue weighted by atomic mass is 10.0. The molecule has 0 saturated heterocycles. The number of carbonyl (C=O) groups is 1. The number of nitrogens with one attached hydrogen (secondary N) is 1. The first kappa shape index (κ1) is 26.5. The molecular weight excluding hydrogens is 429 g/mol. The number of sulfonamides is 1. The molecular formula is C24H38FN3O3S. The molecule has 2 rings (SSSR count). The summed E-state index contributed by atoms with van der Waals surface area (Å²) in [6.07, 6.45) is 15.4. The number of amides is 1. The summed E-state index contributed by atoms with van der Waals surface area (Å²) in [7, 11) is -3.44. The van der Waals surface area contributed by atoms with E-state index in [0.717, 1.165) is 56.9 Å². The lowest BCUT2D eigenvalue weighted by molar-refractivity contribution is -0.116. The number of aromatic nitrogens is 1. The van der Waals surface area contributed by atoms with Crippen molar-refractivity contribution in [3.8, 4) is 0 Å². The second-order valence-corrected chi connectivity index (χ2v) is 10.7.